The second kappa shape index (κ2) is 8.78. The summed E-state index contributed by atoms with van der Waals surface area (Å²) in [6.45, 7) is 4.34. The van der Waals surface area contributed by atoms with Gasteiger partial charge in [0.25, 0.3) is 0 Å². The van der Waals surface area contributed by atoms with Crippen molar-refractivity contribution in [3.63, 3.8) is 0 Å². The van der Waals surface area contributed by atoms with Gasteiger partial charge in [0.15, 0.2) is 0 Å². The molecule has 30 heavy (non-hydrogen) atoms. The first-order valence-electron chi connectivity index (χ1n) is 10.7. The number of aryl methyl sites for hydroxylation is 2. The number of hydrogen-bond donors (Lipinski definition) is 1. The van der Waals surface area contributed by atoms with Crippen LogP contribution in [0, 0.1) is 0 Å². The van der Waals surface area contributed by atoms with Gasteiger partial charge >= 0.3 is 12.2 Å². The molecule has 0 radical (unpaired) electrons. The first-order chi connectivity index (χ1) is 14.6. The van der Waals surface area contributed by atoms with Crippen LogP contribution in [0.25, 0.3) is 0 Å². The molecule has 1 heterocycles. The van der Waals surface area contributed by atoms with Crippen molar-refractivity contribution in [3.05, 3.63) is 64.7 Å². The van der Waals surface area contributed by atoms with Gasteiger partial charge in [0.05, 0.1) is 18.3 Å². The van der Waals surface area contributed by atoms with E-state index in [1.54, 1.807) is 4.90 Å². The molecule has 158 valence electrons. The summed E-state index contributed by atoms with van der Waals surface area (Å²) in [6, 6.07) is 13.5. The van der Waals surface area contributed by atoms with E-state index in [4.69, 9.17) is 9.47 Å². The summed E-state index contributed by atoms with van der Waals surface area (Å²) in [5, 5.41) is 3.02. The zero-order valence-corrected chi connectivity index (χ0v) is 17.5. The number of rotatable bonds is 4. The van der Waals surface area contributed by atoms with Crippen LogP contribution in [0.1, 0.15) is 55.0 Å². The van der Waals surface area contributed by atoms with Gasteiger partial charge in [0.2, 0.25) is 0 Å². The van der Waals surface area contributed by atoms with Gasteiger partial charge in [-0.15, -0.1) is 0 Å². The second-order valence-electron chi connectivity index (χ2n) is 7.95. The van der Waals surface area contributed by atoms with Gasteiger partial charge in [-0.2, -0.15) is 0 Å². The highest BCUT2D eigenvalue weighted by Gasteiger charge is 2.36. The molecule has 4 rings (SSSR count). The number of anilines is 1. The van der Waals surface area contributed by atoms with Gasteiger partial charge < -0.3 is 14.8 Å². The van der Waals surface area contributed by atoms with Crippen molar-refractivity contribution in [2.45, 2.75) is 58.2 Å². The topological polar surface area (TPSA) is 67.9 Å². The van der Waals surface area contributed by atoms with E-state index in [9.17, 15) is 9.59 Å². The van der Waals surface area contributed by atoms with Crippen molar-refractivity contribution in [1.82, 2.24) is 5.32 Å². The fourth-order valence-electron chi connectivity index (χ4n) is 4.44. The van der Waals surface area contributed by atoms with Crippen LogP contribution < -0.4 is 10.2 Å². The molecule has 0 fully saturated rings. The molecule has 0 aromatic heterocycles. The fraction of sp³-hybridized carbons (Fsp3) is 0.417. The normalized spacial score (nSPS) is 19.6. The van der Waals surface area contributed by atoms with E-state index in [0.717, 1.165) is 36.1 Å². The predicted molar refractivity (Wildman–Crippen MR) is 115 cm³/mol. The standard InChI is InChI=1S/C24H28N2O4/c1-3-29-24(28)26-16(2)12-21(20-13-18-10-7-11-19(18)14-22(20)26)25-23(27)30-15-17-8-5-4-6-9-17/h4-6,8-9,13-14,16,21H,3,7,10-12,15H2,1-2H3,(H,25,27). The van der Waals surface area contributed by atoms with Crippen LogP contribution in [0.5, 0.6) is 0 Å². The molecule has 2 atom stereocenters. The Kier molecular flexibility index (Phi) is 5.93. The minimum atomic E-state index is -0.452. The molecular weight excluding hydrogens is 380 g/mol. The number of benzene rings is 2. The maximum atomic E-state index is 12.7. The molecule has 0 saturated carbocycles. The maximum Gasteiger partial charge on any atom is 0.414 e. The van der Waals surface area contributed by atoms with Gasteiger partial charge in [0, 0.05) is 6.04 Å². The number of nitrogens with one attached hydrogen (secondary N) is 1. The zero-order valence-electron chi connectivity index (χ0n) is 17.5. The Morgan fingerprint density at radius 1 is 1.10 bits per heavy atom. The van der Waals surface area contributed by atoms with E-state index in [2.05, 4.69) is 17.4 Å². The van der Waals surface area contributed by atoms with E-state index in [0.29, 0.717) is 13.0 Å². The van der Waals surface area contributed by atoms with Gasteiger partial charge in [-0.3, -0.25) is 4.90 Å². The van der Waals surface area contributed by atoms with E-state index < -0.39 is 6.09 Å². The van der Waals surface area contributed by atoms with Crippen molar-refractivity contribution in [3.8, 4) is 0 Å². The molecule has 2 unspecified atom stereocenters. The zero-order chi connectivity index (χ0) is 21.1. The van der Waals surface area contributed by atoms with Crippen LogP contribution in [-0.4, -0.2) is 24.8 Å². The Balaban J connectivity index is 1.56. The summed E-state index contributed by atoms with van der Waals surface area (Å²) in [4.78, 5) is 26.9. The summed E-state index contributed by atoms with van der Waals surface area (Å²) >= 11 is 0. The predicted octanol–water partition coefficient (Wildman–Crippen LogP) is 4.90. The van der Waals surface area contributed by atoms with Crippen molar-refractivity contribution in [2.75, 3.05) is 11.5 Å². The van der Waals surface area contributed by atoms with E-state index in [1.807, 2.05) is 44.2 Å². The Morgan fingerprint density at radius 3 is 2.57 bits per heavy atom. The van der Waals surface area contributed by atoms with Crippen LogP contribution in [0.2, 0.25) is 0 Å². The quantitative estimate of drug-likeness (QED) is 0.781. The summed E-state index contributed by atoms with van der Waals surface area (Å²) in [6.07, 6.45) is 2.98. The van der Waals surface area contributed by atoms with Crippen molar-refractivity contribution < 1.29 is 19.1 Å². The molecule has 1 aliphatic carbocycles. The average Bonchev–Trinajstić information content (AvgIpc) is 3.19. The number of ether oxygens (including phenoxy) is 2. The number of nitrogens with zero attached hydrogens (tertiary/aromatic N) is 1. The molecule has 1 aliphatic heterocycles. The summed E-state index contributed by atoms with van der Waals surface area (Å²) < 4.78 is 10.7. The maximum absolute atomic E-state index is 12.7. The first kappa shape index (κ1) is 20.3. The first-order valence-corrected chi connectivity index (χ1v) is 10.7. The highest BCUT2D eigenvalue weighted by atomic mass is 16.6. The third-order valence-electron chi connectivity index (χ3n) is 5.86. The molecule has 0 bridgehead atoms. The van der Waals surface area contributed by atoms with Gasteiger partial charge in [0.1, 0.15) is 6.61 Å². The van der Waals surface area contributed by atoms with E-state index in [1.165, 1.54) is 11.1 Å². The molecule has 6 nitrogen and oxygen atoms in total. The summed E-state index contributed by atoms with van der Waals surface area (Å²) in [5.74, 6) is 0. The van der Waals surface area contributed by atoms with Crippen molar-refractivity contribution in [2.24, 2.45) is 0 Å². The lowest BCUT2D eigenvalue weighted by Gasteiger charge is -2.39. The summed E-state index contributed by atoms with van der Waals surface area (Å²) in [5.41, 5.74) is 5.31. The minimum Gasteiger partial charge on any atom is -0.449 e. The van der Waals surface area contributed by atoms with Crippen LogP contribution in [0.15, 0.2) is 42.5 Å². The van der Waals surface area contributed by atoms with Gasteiger partial charge in [-0.1, -0.05) is 36.4 Å². The number of amides is 2. The Hall–Kier alpha value is -3.02. The fourth-order valence-corrected chi connectivity index (χ4v) is 4.44. The highest BCUT2D eigenvalue weighted by molar-refractivity contribution is 5.91. The molecule has 6 heteroatoms. The van der Waals surface area contributed by atoms with E-state index in [-0.39, 0.29) is 24.8 Å². The molecule has 2 aromatic rings. The second-order valence-corrected chi connectivity index (χ2v) is 7.95. The van der Waals surface area contributed by atoms with Crippen molar-refractivity contribution >= 4 is 17.9 Å². The molecule has 0 saturated heterocycles. The SMILES string of the molecule is CCOC(=O)N1c2cc3c(cc2C(NC(=O)OCc2ccccc2)CC1C)CCC3. The van der Waals surface area contributed by atoms with Crippen LogP contribution >= 0.6 is 0 Å². The lowest BCUT2D eigenvalue weighted by molar-refractivity contribution is 0.133. The molecule has 1 N–H and O–H groups in total. The molecule has 2 aromatic carbocycles. The van der Waals surface area contributed by atoms with Crippen LogP contribution in [-0.2, 0) is 28.9 Å². The lowest BCUT2D eigenvalue weighted by Crippen LogP contribution is -2.46. The smallest absolute Gasteiger partial charge is 0.414 e. The third kappa shape index (κ3) is 4.13. The van der Waals surface area contributed by atoms with Crippen LogP contribution in [0.3, 0.4) is 0 Å². The number of hydrogen-bond acceptors (Lipinski definition) is 4. The molecular formula is C24H28N2O4. The third-order valence-corrected chi connectivity index (χ3v) is 5.86. The number of carbonyl (C=O) groups is 2. The van der Waals surface area contributed by atoms with E-state index >= 15 is 0 Å². The minimum absolute atomic E-state index is 0.101. The van der Waals surface area contributed by atoms with Gasteiger partial charge in [-0.25, -0.2) is 9.59 Å². The Labute approximate surface area is 177 Å². The van der Waals surface area contributed by atoms with Crippen LogP contribution in [0.4, 0.5) is 15.3 Å². The van der Waals surface area contributed by atoms with Crippen molar-refractivity contribution in [1.29, 1.82) is 0 Å². The Morgan fingerprint density at radius 2 is 1.83 bits per heavy atom. The number of alkyl carbamates (subject to hydrolysis) is 1. The molecule has 2 aliphatic rings. The van der Waals surface area contributed by atoms with Gasteiger partial charge in [-0.05, 0) is 67.9 Å². The molecule has 2 amide bonds. The average molecular weight is 408 g/mol. The summed E-state index contributed by atoms with van der Waals surface area (Å²) in [7, 11) is 0. The Bertz CT molecular complexity index is 928. The molecule has 0 spiro atoms. The number of fused-ring (bicyclic) bond motifs is 2. The largest absolute Gasteiger partial charge is 0.449 e. The monoisotopic (exact) mass is 408 g/mol. The highest BCUT2D eigenvalue weighted by Crippen LogP contribution is 2.41. The lowest BCUT2D eigenvalue weighted by atomic mass is 9.89. The number of carbonyl (C=O) groups excluding carboxylic acids is 2.